The smallest absolute Gasteiger partial charge is 0.160 e. The second-order valence-corrected chi connectivity index (χ2v) is 4.16. The molecule has 0 fully saturated rings. The van der Waals surface area contributed by atoms with Crippen molar-refractivity contribution in [2.45, 2.75) is 32.8 Å². The number of benzene rings is 1. The third kappa shape index (κ3) is 3.14. The Bertz CT molecular complexity index is 336. The number of aliphatic hydroxyl groups is 1. The predicted molar refractivity (Wildman–Crippen MR) is 63.8 cm³/mol. The summed E-state index contributed by atoms with van der Waals surface area (Å²) in [5.41, 5.74) is 1.06. The van der Waals surface area contributed by atoms with Crippen molar-refractivity contribution in [1.82, 2.24) is 0 Å². The number of hydrogen-bond acceptors (Lipinski definition) is 3. The van der Waals surface area contributed by atoms with Gasteiger partial charge in [0.25, 0.3) is 0 Å². The first-order chi connectivity index (χ1) is 7.58. The molecular weight excluding hydrogens is 204 g/mol. The number of phenolic OH excluding ortho intramolecular Hbond substituents is 1. The lowest BCUT2D eigenvalue weighted by Crippen LogP contribution is -2.18. The van der Waals surface area contributed by atoms with E-state index in [9.17, 15) is 10.2 Å². The highest BCUT2D eigenvalue weighted by Crippen LogP contribution is 2.27. The fraction of sp³-hybridized carbons (Fsp3) is 0.538. The molecule has 0 amide bonds. The van der Waals surface area contributed by atoms with Gasteiger partial charge in [0.15, 0.2) is 11.5 Å². The summed E-state index contributed by atoms with van der Waals surface area (Å²) in [5.74, 6) is 0.838. The van der Waals surface area contributed by atoms with Crippen molar-refractivity contribution < 1.29 is 14.9 Å². The maximum Gasteiger partial charge on any atom is 0.160 e. The Balaban J connectivity index is 2.74. The van der Waals surface area contributed by atoms with E-state index < -0.39 is 0 Å². The summed E-state index contributed by atoms with van der Waals surface area (Å²) < 4.78 is 5.04. The third-order valence-electron chi connectivity index (χ3n) is 2.88. The van der Waals surface area contributed by atoms with Gasteiger partial charge in [0.05, 0.1) is 13.2 Å². The second kappa shape index (κ2) is 5.75. The van der Waals surface area contributed by atoms with Crippen molar-refractivity contribution in [3.63, 3.8) is 0 Å². The maximum atomic E-state index is 9.69. The van der Waals surface area contributed by atoms with E-state index in [4.69, 9.17) is 4.74 Å². The normalized spacial score (nSPS) is 14.5. The molecular formula is C13H20O3. The Kier molecular flexibility index (Phi) is 4.62. The van der Waals surface area contributed by atoms with Gasteiger partial charge in [-0.3, -0.25) is 0 Å². The Morgan fingerprint density at radius 3 is 2.62 bits per heavy atom. The molecule has 0 saturated heterocycles. The first-order valence-electron chi connectivity index (χ1n) is 5.62. The van der Waals surface area contributed by atoms with Crippen molar-refractivity contribution in [3.8, 4) is 11.5 Å². The Morgan fingerprint density at radius 1 is 1.38 bits per heavy atom. The molecule has 2 N–H and O–H groups in total. The lowest BCUT2D eigenvalue weighted by Gasteiger charge is -2.17. The van der Waals surface area contributed by atoms with E-state index in [1.165, 1.54) is 7.11 Å². The van der Waals surface area contributed by atoms with Gasteiger partial charge < -0.3 is 14.9 Å². The zero-order valence-corrected chi connectivity index (χ0v) is 10.1. The van der Waals surface area contributed by atoms with Crippen molar-refractivity contribution in [1.29, 1.82) is 0 Å². The Labute approximate surface area is 96.7 Å². The number of hydrogen-bond donors (Lipinski definition) is 2. The van der Waals surface area contributed by atoms with Crippen LogP contribution >= 0.6 is 0 Å². The van der Waals surface area contributed by atoms with Crippen LogP contribution in [0.25, 0.3) is 0 Å². The van der Waals surface area contributed by atoms with Crippen LogP contribution in [0.4, 0.5) is 0 Å². The zero-order chi connectivity index (χ0) is 12.1. The van der Waals surface area contributed by atoms with E-state index >= 15 is 0 Å². The molecule has 3 nitrogen and oxygen atoms in total. The minimum atomic E-state index is -0.278. The number of ether oxygens (including phenoxy) is 1. The van der Waals surface area contributed by atoms with Crippen LogP contribution in [-0.4, -0.2) is 23.4 Å². The van der Waals surface area contributed by atoms with Gasteiger partial charge in [0.2, 0.25) is 0 Å². The van der Waals surface area contributed by atoms with E-state index in [1.54, 1.807) is 6.07 Å². The highest BCUT2D eigenvalue weighted by molar-refractivity contribution is 5.41. The van der Waals surface area contributed by atoms with Crippen LogP contribution in [0, 0.1) is 5.92 Å². The van der Waals surface area contributed by atoms with Gasteiger partial charge in [-0.25, -0.2) is 0 Å². The van der Waals surface area contributed by atoms with Crippen molar-refractivity contribution >= 4 is 0 Å². The Hall–Kier alpha value is -1.22. The molecule has 1 rings (SSSR count). The zero-order valence-electron chi connectivity index (χ0n) is 10.1. The number of methoxy groups -OCH3 is 1. The van der Waals surface area contributed by atoms with Gasteiger partial charge in [0, 0.05) is 0 Å². The molecule has 2 unspecified atom stereocenters. The van der Waals surface area contributed by atoms with Crippen LogP contribution in [0.1, 0.15) is 25.8 Å². The van der Waals surface area contributed by atoms with Crippen LogP contribution in [0.5, 0.6) is 11.5 Å². The summed E-state index contributed by atoms with van der Waals surface area (Å²) in [6, 6.07) is 5.30. The number of aromatic hydroxyl groups is 1. The fourth-order valence-corrected chi connectivity index (χ4v) is 1.76. The van der Waals surface area contributed by atoms with Gasteiger partial charge >= 0.3 is 0 Å². The average molecular weight is 224 g/mol. The van der Waals surface area contributed by atoms with Crippen LogP contribution in [-0.2, 0) is 6.42 Å². The van der Waals surface area contributed by atoms with E-state index in [0.717, 1.165) is 18.4 Å². The summed E-state index contributed by atoms with van der Waals surface area (Å²) >= 11 is 0. The minimum Gasteiger partial charge on any atom is -0.504 e. The summed E-state index contributed by atoms with van der Waals surface area (Å²) in [6.45, 7) is 3.99. The van der Waals surface area contributed by atoms with E-state index in [0.29, 0.717) is 5.75 Å². The first kappa shape index (κ1) is 12.8. The number of rotatable bonds is 5. The second-order valence-electron chi connectivity index (χ2n) is 4.16. The molecule has 0 bridgehead atoms. The van der Waals surface area contributed by atoms with Crippen LogP contribution in [0.15, 0.2) is 18.2 Å². The molecule has 16 heavy (non-hydrogen) atoms. The molecule has 2 atom stereocenters. The van der Waals surface area contributed by atoms with E-state index in [2.05, 4.69) is 0 Å². The van der Waals surface area contributed by atoms with E-state index in [-0.39, 0.29) is 17.8 Å². The Morgan fingerprint density at radius 2 is 2.06 bits per heavy atom. The van der Waals surface area contributed by atoms with Crippen molar-refractivity contribution in [2.24, 2.45) is 5.92 Å². The van der Waals surface area contributed by atoms with Gasteiger partial charge in [-0.2, -0.15) is 0 Å². The molecule has 0 spiro atoms. The number of phenols is 1. The van der Waals surface area contributed by atoms with Crippen LogP contribution in [0.2, 0.25) is 0 Å². The lowest BCUT2D eigenvalue weighted by molar-refractivity contribution is 0.112. The predicted octanol–water partition coefficient (Wildman–Crippen LogP) is 2.35. The third-order valence-corrected chi connectivity index (χ3v) is 2.88. The molecule has 0 heterocycles. The van der Waals surface area contributed by atoms with Gasteiger partial charge in [0.1, 0.15) is 0 Å². The standard InChI is InChI=1S/C13H20O3/c1-4-11(14)9(2)7-10-5-6-12(15)13(8-10)16-3/h5-6,8-9,11,14-15H,4,7H2,1-3H3. The molecule has 0 radical (unpaired) electrons. The highest BCUT2D eigenvalue weighted by atomic mass is 16.5. The molecule has 1 aromatic rings. The summed E-state index contributed by atoms with van der Waals surface area (Å²) in [5, 5.41) is 19.1. The van der Waals surface area contributed by atoms with Gasteiger partial charge in [-0.05, 0) is 36.5 Å². The highest BCUT2D eigenvalue weighted by Gasteiger charge is 2.13. The average Bonchev–Trinajstić information content (AvgIpc) is 2.30. The SMILES string of the molecule is CCC(O)C(C)Cc1ccc(O)c(OC)c1. The minimum absolute atomic E-state index is 0.148. The maximum absolute atomic E-state index is 9.69. The van der Waals surface area contributed by atoms with E-state index in [1.807, 2.05) is 26.0 Å². The van der Waals surface area contributed by atoms with Gasteiger partial charge in [-0.15, -0.1) is 0 Å². The molecule has 0 aliphatic rings. The molecule has 1 aromatic carbocycles. The first-order valence-corrected chi connectivity index (χ1v) is 5.62. The topological polar surface area (TPSA) is 49.7 Å². The number of aliphatic hydroxyl groups excluding tert-OH is 1. The molecule has 90 valence electrons. The molecule has 3 heteroatoms. The quantitative estimate of drug-likeness (QED) is 0.807. The molecule has 0 aromatic heterocycles. The molecule has 0 aliphatic carbocycles. The van der Waals surface area contributed by atoms with Crippen molar-refractivity contribution in [3.05, 3.63) is 23.8 Å². The lowest BCUT2D eigenvalue weighted by atomic mass is 9.94. The summed E-state index contributed by atoms with van der Waals surface area (Å²) in [6.07, 6.45) is 1.27. The molecule has 0 aliphatic heterocycles. The summed E-state index contributed by atoms with van der Waals surface area (Å²) in [4.78, 5) is 0. The fourth-order valence-electron chi connectivity index (χ4n) is 1.76. The largest absolute Gasteiger partial charge is 0.504 e. The monoisotopic (exact) mass is 224 g/mol. The van der Waals surface area contributed by atoms with Crippen LogP contribution in [0.3, 0.4) is 0 Å². The summed E-state index contributed by atoms with van der Waals surface area (Å²) in [7, 11) is 1.53. The van der Waals surface area contributed by atoms with Crippen molar-refractivity contribution in [2.75, 3.05) is 7.11 Å². The molecule has 0 saturated carbocycles. The van der Waals surface area contributed by atoms with Gasteiger partial charge in [-0.1, -0.05) is 19.9 Å². The van der Waals surface area contributed by atoms with Crippen LogP contribution < -0.4 is 4.74 Å².